The Morgan fingerprint density at radius 2 is 1.95 bits per heavy atom. The third kappa shape index (κ3) is 1.82. The predicted molar refractivity (Wildman–Crippen MR) is 82.8 cm³/mol. The van der Waals surface area contributed by atoms with Gasteiger partial charge in [-0.15, -0.1) is 11.3 Å². The van der Waals surface area contributed by atoms with Crippen molar-refractivity contribution in [3.63, 3.8) is 0 Å². The molecule has 2 heterocycles. The van der Waals surface area contributed by atoms with Crippen molar-refractivity contribution in [2.75, 3.05) is 0 Å². The fourth-order valence-corrected chi connectivity index (χ4v) is 3.59. The van der Waals surface area contributed by atoms with Crippen LogP contribution in [-0.2, 0) is 6.54 Å². The Hall–Kier alpha value is -2.13. The lowest BCUT2D eigenvalue weighted by atomic mass is 10.2. The molecule has 98 valence electrons. The van der Waals surface area contributed by atoms with E-state index in [0.717, 1.165) is 17.4 Å². The summed E-state index contributed by atoms with van der Waals surface area (Å²) in [7, 11) is 0. The largest absolute Gasteiger partial charge is 0.343 e. The second-order valence-electron chi connectivity index (χ2n) is 4.90. The van der Waals surface area contributed by atoms with E-state index in [4.69, 9.17) is 0 Å². The molecule has 2 aromatic heterocycles. The van der Waals surface area contributed by atoms with Gasteiger partial charge in [-0.25, -0.2) is 4.39 Å². The maximum absolute atomic E-state index is 13.4. The van der Waals surface area contributed by atoms with Crippen LogP contribution in [0.1, 0.15) is 5.56 Å². The van der Waals surface area contributed by atoms with Crippen LogP contribution >= 0.6 is 11.3 Å². The van der Waals surface area contributed by atoms with E-state index in [-0.39, 0.29) is 5.82 Å². The maximum Gasteiger partial charge on any atom is 0.125 e. The van der Waals surface area contributed by atoms with E-state index in [9.17, 15) is 4.39 Å². The summed E-state index contributed by atoms with van der Waals surface area (Å²) in [4.78, 5) is 0. The third-order valence-corrected chi connectivity index (χ3v) is 4.65. The summed E-state index contributed by atoms with van der Waals surface area (Å²) in [6, 6.07) is 15.4. The Kier molecular flexibility index (Phi) is 2.60. The Balaban J connectivity index is 1.82. The lowest BCUT2D eigenvalue weighted by molar-refractivity contribution is 0.628. The minimum Gasteiger partial charge on any atom is -0.343 e. The minimum atomic E-state index is -0.187. The number of hydrogen-bond donors (Lipinski definition) is 0. The van der Waals surface area contributed by atoms with E-state index in [0.29, 0.717) is 0 Å². The summed E-state index contributed by atoms with van der Waals surface area (Å²) in [5, 5.41) is 4.55. The van der Waals surface area contributed by atoms with Gasteiger partial charge in [-0.2, -0.15) is 0 Å². The number of thiophene rings is 1. The van der Waals surface area contributed by atoms with Crippen molar-refractivity contribution in [2.24, 2.45) is 0 Å². The molecule has 0 saturated heterocycles. The smallest absolute Gasteiger partial charge is 0.125 e. The summed E-state index contributed by atoms with van der Waals surface area (Å²) in [5.41, 5.74) is 2.23. The molecule has 0 radical (unpaired) electrons. The second-order valence-corrected chi connectivity index (χ2v) is 5.82. The first-order valence-corrected chi connectivity index (χ1v) is 7.39. The van der Waals surface area contributed by atoms with Crippen LogP contribution in [0.3, 0.4) is 0 Å². The number of hydrogen-bond acceptors (Lipinski definition) is 1. The highest BCUT2D eigenvalue weighted by Crippen LogP contribution is 2.27. The molecule has 0 N–H and O–H groups in total. The SMILES string of the molecule is Fc1ccc2ccn(Cc3csc4ccccc34)c2c1. The lowest BCUT2D eigenvalue weighted by Gasteiger charge is -2.05. The van der Waals surface area contributed by atoms with Gasteiger partial charge in [0.25, 0.3) is 0 Å². The molecule has 0 aliphatic carbocycles. The molecule has 0 amide bonds. The van der Waals surface area contributed by atoms with Gasteiger partial charge in [-0.1, -0.05) is 18.2 Å². The van der Waals surface area contributed by atoms with Gasteiger partial charge in [0.1, 0.15) is 5.82 Å². The van der Waals surface area contributed by atoms with Crippen molar-refractivity contribution in [2.45, 2.75) is 6.54 Å². The number of rotatable bonds is 2. The first kappa shape index (κ1) is 11.7. The maximum atomic E-state index is 13.4. The van der Waals surface area contributed by atoms with Gasteiger partial charge in [-0.05, 0) is 52.0 Å². The van der Waals surface area contributed by atoms with E-state index in [2.05, 4.69) is 34.2 Å². The van der Waals surface area contributed by atoms with Crippen molar-refractivity contribution in [3.05, 3.63) is 71.5 Å². The summed E-state index contributed by atoms with van der Waals surface area (Å²) in [6.45, 7) is 0.775. The molecule has 0 bridgehead atoms. The lowest BCUT2D eigenvalue weighted by Crippen LogP contribution is -1.97. The van der Waals surface area contributed by atoms with Gasteiger partial charge in [0.2, 0.25) is 0 Å². The van der Waals surface area contributed by atoms with Crippen LogP contribution in [0, 0.1) is 5.82 Å². The van der Waals surface area contributed by atoms with Crippen LogP contribution in [0.25, 0.3) is 21.0 Å². The standard InChI is InChI=1S/C17H12FNS/c18-14-6-5-12-7-8-19(16(12)9-14)10-13-11-20-17-4-2-1-3-15(13)17/h1-9,11H,10H2. The quantitative estimate of drug-likeness (QED) is 0.485. The van der Waals surface area contributed by atoms with Crippen molar-refractivity contribution >= 4 is 32.3 Å². The normalized spacial score (nSPS) is 11.4. The highest BCUT2D eigenvalue weighted by Gasteiger charge is 2.07. The molecule has 0 aliphatic heterocycles. The molecular weight excluding hydrogens is 269 g/mol. The number of aromatic nitrogens is 1. The van der Waals surface area contributed by atoms with Crippen LogP contribution in [-0.4, -0.2) is 4.57 Å². The fraction of sp³-hybridized carbons (Fsp3) is 0.0588. The van der Waals surface area contributed by atoms with Gasteiger partial charge in [0.15, 0.2) is 0 Å². The first-order valence-electron chi connectivity index (χ1n) is 6.51. The Bertz CT molecular complexity index is 904. The van der Waals surface area contributed by atoms with Gasteiger partial charge >= 0.3 is 0 Å². The van der Waals surface area contributed by atoms with Crippen LogP contribution in [0.5, 0.6) is 0 Å². The van der Waals surface area contributed by atoms with Crippen LogP contribution in [0.4, 0.5) is 4.39 Å². The van der Waals surface area contributed by atoms with Gasteiger partial charge in [0, 0.05) is 17.4 Å². The van der Waals surface area contributed by atoms with Crippen LogP contribution in [0.2, 0.25) is 0 Å². The molecule has 4 aromatic rings. The van der Waals surface area contributed by atoms with Gasteiger partial charge < -0.3 is 4.57 Å². The van der Waals surface area contributed by atoms with Crippen LogP contribution in [0.15, 0.2) is 60.1 Å². The van der Waals surface area contributed by atoms with E-state index >= 15 is 0 Å². The number of halogens is 1. The summed E-state index contributed by atoms with van der Waals surface area (Å²) in [6.07, 6.45) is 2.02. The van der Waals surface area contributed by atoms with Crippen LogP contribution < -0.4 is 0 Å². The number of benzene rings is 2. The zero-order valence-electron chi connectivity index (χ0n) is 10.7. The average Bonchev–Trinajstić information content (AvgIpc) is 3.05. The number of fused-ring (bicyclic) bond motifs is 2. The molecule has 20 heavy (non-hydrogen) atoms. The molecule has 0 spiro atoms. The predicted octanol–water partition coefficient (Wildman–Crippen LogP) is 5.04. The van der Waals surface area contributed by atoms with Gasteiger partial charge in [0.05, 0.1) is 5.52 Å². The van der Waals surface area contributed by atoms with Gasteiger partial charge in [-0.3, -0.25) is 0 Å². The van der Waals surface area contributed by atoms with E-state index in [1.54, 1.807) is 17.4 Å². The van der Waals surface area contributed by atoms with E-state index < -0.39 is 0 Å². The highest BCUT2D eigenvalue weighted by molar-refractivity contribution is 7.17. The second kappa shape index (κ2) is 4.46. The summed E-state index contributed by atoms with van der Waals surface area (Å²) >= 11 is 1.76. The molecule has 0 atom stereocenters. The Morgan fingerprint density at radius 3 is 2.90 bits per heavy atom. The molecule has 0 unspecified atom stereocenters. The number of nitrogens with zero attached hydrogens (tertiary/aromatic N) is 1. The zero-order valence-corrected chi connectivity index (χ0v) is 11.5. The first-order chi connectivity index (χ1) is 9.81. The Morgan fingerprint density at radius 1 is 1.05 bits per heavy atom. The van der Waals surface area contributed by atoms with Crippen molar-refractivity contribution in [1.29, 1.82) is 0 Å². The minimum absolute atomic E-state index is 0.187. The molecule has 2 aromatic carbocycles. The van der Waals surface area contributed by atoms with Crippen molar-refractivity contribution in [3.8, 4) is 0 Å². The summed E-state index contributed by atoms with van der Waals surface area (Å²) in [5.74, 6) is -0.187. The topological polar surface area (TPSA) is 4.93 Å². The molecule has 3 heteroatoms. The molecule has 4 rings (SSSR count). The van der Waals surface area contributed by atoms with E-state index in [1.165, 1.54) is 21.7 Å². The summed E-state index contributed by atoms with van der Waals surface area (Å²) < 4.78 is 16.8. The van der Waals surface area contributed by atoms with Crippen molar-refractivity contribution in [1.82, 2.24) is 4.57 Å². The molecular formula is C17H12FNS. The Labute approximate surface area is 119 Å². The molecule has 1 nitrogen and oxygen atoms in total. The third-order valence-electron chi connectivity index (χ3n) is 3.64. The zero-order chi connectivity index (χ0) is 13.5. The van der Waals surface area contributed by atoms with Crippen molar-refractivity contribution < 1.29 is 4.39 Å². The average molecular weight is 281 g/mol. The monoisotopic (exact) mass is 281 g/mol. The fourth-order valence-electron chi connectivity index (χ4n) is 2.63. The van der Waals surface area contributed by atoms with E-state index in [1.807, 2.05) is 18.3 Å². The molecule has 0 aliphatic rings. The molecule has 0 fully saturated rings. The highest BCUT2D eigenvalue weighted by atomic mass is 32.1. The molecule has 0 saturated carbocycles.